The Morgan fingerprint density at radius 3 is 0.986 bits per heavy atom. The van der Waals surface area contributed by atoms with Crippen molar-refractivity contribution in [1.29, 1.82) is 10.5 Å². The van der Waals surface area contributed by atoms with E-state index in [1.54, 1.807) is 70.5 Å². The lowest BCUT2D eigenvalue weighted by Gasteiger charge is -2.35. The molecule has 6 nitrogen and oxygen atoms in total. The summed E-state index contributed by atoms with van der Waals surface area (Å²) in [5.74, 6) is -4.96. The van der Waals surface area contributed by atoms with E-state index in [1.807, 2.05) is 12.1 Å². The standard InChI is InChI=1S/C118H112F6N4O2S8/c1-11-19-25-29-35-71-39-47-75(48-40-71)117(76-49-41-72(42-50-76)36-30-26-20-12-2)87-57-79(55-85-99(95(65-125)127-9)81-59-89(119)91(121)61-83(81)107(85)129)133-109(87)113-105(117)103-101(97-63-93(123)115(135-97)131-67-69(17-7)33-23-15-5)112-104(102(111(103)137-113)98-64-94(124)116(136-98)132-68-70(18-8)34-24-16-6)106-114(138-112)110-88(58-80(134-110)56-86-100(96(66-126)128-10)82-60-90(120)92(122)62-84(82)108(86)130)118(106,77-51-43-73(44-52-77)37-31-27-21-13-3)78-53-45-74(46-54-78)38-32-28-22-14-4/h39-64,69-70H,11-38,67-68H2,1-8H3/b85-55-,86-56-,99-95-,100-96+. The monoisotopic (exact) mass is 1990 g/mol. The maximum atomic E-state index is 18.8. The fourth-order valence-corrected chi connectivity index (χ4v) is 31.8. The van der Waals surface area contributed by atoms with Crippen LogP contribution >= 0.6 is 91.5 Å². The van der Waals surface area contributed by atoms with E-state index in [0.29, 0.717) is 51.3 Å². The van der Waals surface area contributed by atoms with Crippen molar-refractivity contribution >= 4 is 147 Å². The zero-order chi connectivity index (χ0) is 96.8. The summed E-state index contributed by atoms with van der Waals surface area (Å²) in [4.78, 5) is 43.9. The molecule has 0 saturated carbocycles. The summed E-state index contributed by atoms with van der Waals surface area (Å²) in [5.41, 5.74) is 9.32. The van der Waals surface area contributed by atoms with Crippen molar-refractivity contribution in [2.75, 3.05) is 11.5 Å². The van der Waals surface area contributed by atoms with Crippen molar-refractivity contribution in [3.8, 4) is 52.5 Å². The number of Topliss-reactive ketones (excluding diaryl/α,β-unsaturated/α-hetero) is 2. The van der Waals surface area contributed by atoms with E-state index in [-0.39, 0.29) is 56.2 Å². The molecule has 4 aliphatic carbocycles. The topological polar surface area (TPSA) is 90.4 Å². The van der Waals surface area contributed by atoms with E-state index in [4.69, 9.17) is 13.1 Å². The van der Waals surface area contributed by atoms with Crippen molar-refractivity contribution in [1.82, 2.24) is 0 Å². The number of nitrogens with zero attached hydrogens (tertiary/aromatic N) is 4. The van der Waals surface area contributed by atoms with E-state index >= 15 is 35.9 Å². The molecule has 0 bridgehead atoms. The zero-order valence-electron chi connectivity index (χ0n) is 79.5. The molecule has 6 aromatic heterocycles. The predicted octanol–water partition coefficient (Wildman–Crippen LogP) is 37.2. The first-order valence-electron chi connectivity index (χ1n) is 49.4. The lowest BCUT2D eigenvalue weighted by atomic mass is 9.66. The summed E-state index contributed by atoms with van der Waals surface area (Å²) in [6.07, 6.45) is 31.6. The minimum atomic E-state index is -1.29. The average Bonchev–Trinajstić information content (AvgIpc) is 1.48. The van der Waals surface area contributed by atoms with Gasteiger partial charge in [0.15, 0.2) is 34.8 Å². The first-order valence-corrected chi connectivity index (χ1v) is 56.3. The number of ketones is 2. The molecule has 13 aromatic rings. The molecular weight excluding hydrogens is 1880 g/mol. The smallest absolute Gasteiger partial charge is 0.270 e. The lowest BCUT2D eigenvalue weighted by Crippen LogP contribution is -2.29. The summed E-state index contributed by atoms with van der Waals surface area (Å²) in [6, 6.07) is 51.5. The molecule has 6 heterocycles. The normalized spacial score (nSPS) is 15.5. The number of hydrogen-bond donors (Lipinski definition) is 0. The van der Waals surface area contributed by atoms with Gasteiger partial charge < -0.3 is 0 Å². The molecule has 0 fully saturated rings. The molecule has 706 valence electrons. The minimum Gasteiger partial charge on any atom is -0.289 e. The number of aryl methyl sites for hydroxylation is 4. The summed E-state index contributed by atoms with van der Waals surface area (Å²) in [5, 5.41) is 23.3. The second kappa shape index (κ2) is 43.9. The van der Waals surface area contributed by atoms with Crippen LogP contribution in [-0.2, 0) is 36.5 Å². The maximum Gasteiger partial charge on any atom is 0.270 e. The Kier molecular flexibility index (Phi) is 31.6. The van der Waals surface area contributed by atoms with Gasteiger partial charge in [0.05, 0.1) is 64.0 Å². The molecular formula is C118H112F6N4O2S8. The van der Waals surface area contributed by atoms with E-state index < -0.39 is 57.1 Å². The largest absolute Gasteiger partial charge is 0.289 e. The van der Waals surface area contributed by atoms with Crippen molar-refractivity contribution < 1.29 is 35.9 Å². The van der Waals surface area contributed by atoms with Gasteiger partial charge in [-0.25, -0.2) is 46.6 Å². The van der Waals surface area contributed by atoms with Gasteiger partial charge in [0.25, 0.3) is 11.4 Å². The Morgan fingerprint density at radius 1 is 0.384 bits per heavy atom. The van der Waals surface area contributed by atoms with Crippen LogP contribution in [0, 0.1) is 82.5 Å². The van der Waals surface area contributed by atoms with Gasteiger partial charge in [-0.05, 0) is 215 Å². The average molecular weight is 1990 g/mol. The van der Waals surface area contributed by atoms with Crippen LogP contribution in [0.25, 0.3) is 93.6 Å². The third-order valence-electron chi connectivity index (χ3n) is 28.5. The Hall–Kier alpha value is -10.2. The summed E-state index contributed by atoms with van der Waals surface area (Å²) in [7, 11) is 0. The Morgan fingerprint density at radius 2 is 0.696 bits per heavy atom. The number of fused-ring (bicyclic) bond motifs is 12. The first-order chi connectivity index (χ1) is 67.2. The van der Waals surface area contributed by atoms with Gasteiger partial charge in [-0.3, -0.25) is 9.59 Å². The number of halogens is 6. The van der Waals surface area contributed by atoms with Gasteiger partial charge in [-0.15, -0.1) is 91.5 Å². The van der Waals surface area contributed by atoms with Crippen LogP contribution in [-0.4, -0.2) is 23.1 Å². The number of nitriles is 2. The molecule has 0 spiro atoms. The van der Waals surface area contributed by atoms with Gasteiger partial charge in [-0.2, -0.15) is 0 Å². The highest BCUT2D eigenvalue weighted by Crippen LogP contribution is 2.71. The molecule has 0 N–H and O–H groups in total. The minimum absolute atomic E-state index is 0.0504. The lowest BCUT2D eigenvalue weighted by molar-refractivity contribution is 0.103. The number of carbonyl (C=O) groups excluding carboxylic acids is 2. The Bertz CT molecular complexity index is 6570. The zero-order valence-corrected chi connectivity index (χ0v) is 86.1. The van der Waals surface area contributed by atoms with Gasteiger partial charge in [0.2, 0.25) is 0 Å². The maximum absolute atomic E-state index is 18.8. The number of unbranched alkanes of at least 4 members (excludes halogenated alkanes) is 14. The van der Waals surface area contributed by atoms with Gasteiger partial charge in [0.1, 0.15) is 11.6 Å². The number of allylic oxidation sites excluding steroid dienone is 6. The first kappa shape index (κ1) is 99.4. The van der Waals surface area contributed by atoms with E-state index in [9.17, 15) is 10.5 Å². The summed E-state index contributed by atoms with van der Waals surface area (Å²) in [6.45, 7) is 34.4. The number of carbonyl (C=O) groups is 2. The number of rotatable bonds is 42. The molecule has 4 aliphatic rings. The SMILES string of the molecule is [C-]#[N+]/C(C#N)=C1\C(=C\c2cc3c(s2)-c2sc4c(-c5cc(F)c(SCC(CC)CCCC)s5)c5c6c(sc5c(-c5cc(F)c(SCC(CC)CCCC)s5)c4c2C3(c2ccc(CCCCCC)cc2)c2ccc(CCCCCC)cc2)-c2sc(/C=C3\C(=O)c4cc(F)c(F)cc4\C3=C(\C#N)[N+]#[C-])cc2C6(c2ccc(CCCCCC)cc2)c2ccc(CCCCCC)cc2)C(=O)c2cc(F)c(F)cc21. The van der Waals surface area contributed by atoms with E-state index in [1.165, 1.54) is 45.3 Å². The molecule has 20 heteroatoms. The van der Waals surface area contributed by atoms with Crippen LogP contribution in [0.5, 0.6) is 0 Å². The van der Waals surface area contributed by atoms with Crippen molar-refractivity contribution in [3.05, 3.63) is 325 Å². The molecule has 17 rings (SSSR count). The number of benzene rings is 7. The third-order valence-corrected chi connectivity index (χ3v) is 38.7. The highest BCUT2D eigenvalue weighted by atomic mass is 32.2. The fraction of sp³-hybridized carbons (Fsp3) is 0.356. The highest BCUT2D eigenvalue weighted by Gasteiger charge is 2.55. The predicted molar refractivity (Wildman–Crippen MR) is 569 cm³/mol. The van der Waals surface area contributed by atoms with Crippen LogP contribution < -0.4 is 0 Å². The Labute approximate surface area is 840 Å². The molecule has 2 atom stereocenters. The molecule has 2 unspecified atom stereocenters. The number of hydrogen-bond acceptors (Lipinski definition) is 12. The van der Waals surface area contributed by atoms with Crippen LogP contribution in [0.1, 0.15) is 318 Å². The molecule has 0 aliphatic heterocycles. The molecule has 0 amide bonds. The van der Waals surface area contributed by atoms with Crippen molar-refractivity contribution in [3.63, 3.8) is 0 Å². The number of thiophene rings is 6. The third kappa shape index (κ3) is 18.7. The fourth-order valence-electron chi connectivity index (χ4n) is 21.2. The summed E-state index contributed by atoms with van der Waals surface area (Å²) < 4.78 is 103. The summed E-state index contributed by atoms with van der Waals surface area (Å²) >= 11 is 12.2. The van der Waals surface area contributed by atoms with Gasteiger partial charge >= 0.3 is 0 Å². The van der Waals surface area contributed by atoms with Crippen LogP contribution in [0.15, 0.2) is 177 Å². The molecule has 138 heavy (non-hydrogen) atoms. The van der Waals surface area contributed by atoms with Gasteiger partial charge in [-0.1, -0.05) is 268 Å². The van der Waals surface area contributed by atoms with Crippen molar-refractivity contribution in [2.24, 2.45) is 11.8 Å². The molecule has 7 aromatic carbocycles. The van der Waals surface area contributed by atoms with Crippen molar-refractivity contribution in [2.45, 2.75) is 254 Å². The Balaban J connectivity index is 1.06. The van der Waals surface area contributed by atoms with Crippen LogP contribution in [0.3, 0.4) is 0 Å². The highest BCUT2D eigenvalue weighted by molar-refractivity contribution is 8.01. The quantitative estimate of drug-likeness (QED) is 0.00945. The number of thioether (sulfide) groups is 2. The second-order valence-electron chi connectivity index (χ2n) is 37.3. The van der Waals surface area contributed by atoms with Crippen LogP contribution in [0.2, 0.25) is 0 Å². The van der Waals surface area contributed by atoms with Gasteiger partial charge in [0, 0.05) is 95.7 Å². The van der Waals surface area contributed by atoms with E-state index in [0.717, 1.165) is 322 Å². The second-order valence-corrected chi connectivity index (χ2v) is 46.2. The van der Waals surface area contributed by atoms with E-state index in [2.05, 4.69) is 174 Å². The molecule has 0 radical (unpaired) electrons. The molecule has 0 saturated heterocycles. The van der Waals surface area contributed by atoms with Crippen LogP contribution in [0.4, 0.5) is 26.3 Å².